The first-order chi connectivity index (χ1) is 16.8. The van der Waals surface area contributed by atoms with Crippen molar-refractivity contribution < 1.29 is 34.4 Å². The minimum atomic E-state index is -0.0316. The molecule has 2 heterocycles. The Morgan fingerprint density at radius 1 is 0.917 bits per heavy atom. The predicted octanol–water partition coefficient (Wildman–Crippen LogP) is 8.22. The molecular formula is C31H30IrNO3-. The summed E-state index contributed by atoms with van der Waals surface area (Å²) < 4.78 is 6.20. The maximum absolute atomic E-state index is 11.0. The van der Waals surface area contributed by atoms with Gasteiger partial charge in [0.15, 0.2) is 5.78 Å². The van der Waals surface area contributed by atoms with E-state index in [4.69, 9.17) is 9.40 Å². The molecule has 0 saturated heterocycles. The Labute approximate surface area is 225 Å². The third-order valence-corrected chi connectivity index (χ3v) is 5.86. The van der Waals surface area contributed by atoms with Crippen LogP contribution in [0.2, 0.25) is 0 Å². The summed E-state index contributed by atoms with van der Waals surface area (Å²) in [6, 6.07) is 25.9. The second kappa shape index (κ2) is 11.6. The number of nitrogens with zero attached hydrogens (tertiary/aromatic N) is 1. The maximum Gasteiger partial charge on any atom is 0.161 e. The van der Waals surface area contributed by atoms with Crippen molar-refractivity contribution in [3.05, 3.63) is 90.2 Å². The number of ketones is 1. The summed E-state index contributed by atoms with van der Waals surface area (Å²) in [6.07, 6.45) is 1.31. The van der Waals surface area contributed by atoms with Gasteiger partial charge in [0, 0.05) is 59.9 Å². The number of aliphatic hydroxyl groups is 1. The Hall–Kier alpha value is -3.27. The fraction of sp³-hybridized carbons (Fsp3) is 0.226. The first-order valence-corrected chi connectivity index (χ1v) is 11.9. The number of aliphatic hydroxyl groups excluding tert-OH is 1. The van der Waals surface area contributed by atoms with Gasteiger partial charge in [-0.25, -0.2) is 0 Å². The van der Waals surface area contributed by atoms with Gasteiger partial charge < -0.3 is 9.52 Å². The number of aryl methyl sites for hydroxylation is 1. The van der Waals surface area contributed by atoms with Gasteiger partial charge in [-0.2, -0.15) is 0 Å². The number of para-hydroxylation sites is 2. The molecule has 187 valence electrons. The summed E-state index contributed by atoms with van der Waals surface area (Å²) >= 11 is 0. The number of carbonyl (C=O) groups is 1. The minimum absolute atomic E-state index is 0. The van der Waals surface area contributed by atoms with Crippen LogP contribution in [0.15, 0.2) is 83.0 Å². The molecule has 5 rings (SSSR count). The normalized spacial score (nSPS) is 11.6. The zero-order valence-electron chi connectivity index (χ0n) is 21.1. The number of allylic oxidation sites excluding steroid dienone is 2. The van der Waals surface area contributed by atoms with Gasteiger partial charge in [-0.15, -0.1) is 35.4 Å². The second-order valence-corrected chi connectivity index (χ2v) is 9.31. The molecule has 0 spiro atoms. The molecule has 2 aromatic heterocycles. The summed E-state index contributed by atoms with van der Waals surface area (Å²) in [7, 11) is 0. The Morgan fingerprint density at radius 3 is 2.25 bits per heavy atom. The molecule has 0 amide bonds. The summed E-state index contributed by atoms with van der Waals surface area (Å²) in [5.74, 6) is 0.161. The van der Waals surface area contributed by atoms with Crippen molar-refractivity contribution in [3.63, 3.8) is 0 Å². The summed E-state index contributed by atoms with van der Waals surface area (Å²) in [4.78, 5) is 15.9. The zero-order valence-corrected chi connectivity index (χ0v) is 23.5. The zero-order chi connectivity index (χ0) is 25.1. The van der Waals surface area contributed by atoms with Crippen LogP contribution in [0.4, 0.5) is 0 Å². The van der Waals surface area contributed by atoms with E-state index in [9.17, 15) is 9.90 Å². The van der Waals surface area contributed by atoms with Gasteiger partial charge in [0.05, 0.1) is 11.3 Å². The molecule has 0 bridgehead atoms. The largest absolute Gasteiger partial charge is 0.512 e. The molecule has 0 aliphatic carbocycles. The van der Waals surface area contributed by atoms with Crippen LogP contribution in [-0.2, 0) is 24.9 Å². The summed E-state index contributed by atoms with van der Waals surface area (Å²) in [5.41, 5.74) is 5.60. The van der Waals surface area contributed by atoms with Crippen LogP contribution in [-0.4, -0.2) is 15.9 Å². The van der Waals surface area contributed by atoms with Crippen LogP contribution in [0.1, 0.15) is 33.3 Å². The third kappa shape index (κ3) is 5.75. The Morgan fingerprint density at radius 2 is 1.58 bits per heavy atom. The molecular weight excluding hydrogens is 627 g/mol. The predicted molar refractivity (Wildman–Crippen MR) is 143 cm³/mol. The number of hydrogen-bond acceptors (Lipinski definition) is 4. The van der Waals surface area contributed by atoms with Crippen LogP contribution in [0.3, 0.4) is 0 Å². The molecule has 3 aromatic carbocycles. The summed E-state index contributed by atoms with van der Waals surface area (Å²) in [5, 5.41) is 12.6. The molecule has 0 unspecified atom stereocenters. The number of rotatable bonds is 4. The van der Waals surface area contributed by atoms with E-state index in [1.165, 1.54) is 6.08 Å². The van der Waals surface area contributed by atoms with E-state index in [-0.39, 0.29) is 43.5 Å². The number of pyridine rings is 1. The van der Waals surface area contributed by atoms with Crippen molar-refractivity contribution in [1.82, 2.24) is 4.98 Å². The maximum atomic E-state index is 11.0. The van der Waals surface area contributed by atoms with Crippen molar-refractivity contribution in [2.24, 2.45) is 11.8 Å². The van der Waals surface area contributed by atoms with Gasteiger partial charge in [-0.05, 0) is 12.1 Å². The quantitative estimate of drug-likeness (QED) is 0.120. The molecule has 5 heteroatoms. The van der Waals surface area contributed by atoms with Crippen LogP contribution >= 0.6 is 0 Å². The average molecular weight is 657 g/mol. The Bertz CT molecular complexity index is 1550. The first-order valence-electron chi connectivity index (χ1n) is 11.9. The van der Waals surface area contributed by atoms with Crippen molar-refractivity contribution in [2.45, 2.75) is 34.6 Å². The minimum Gasteiger partial charge on any atom is -0.512 e. The Balaban J connectivity index is 0.000000260. The van der Waals surface area contributed by atoms with Crippen LogP contribution < -0.4 is 0 Å². The van der Waals surface area contributed by atoms with E-state index in [1.54, 1.807) is 0 Å². The van der Waals surface area contributed by atoms with Crippen molar-refractivity contribution in [3.8, 4) is 11.3 Å². The first kappa shape index (κ1) is 27.3. The summed E-state index contributed by atoms with van der Waals surface area (Å²) in [6.45, 7) is 9.36. The SMILES string of the molecule is CC(C)C(=O)/C=C(\O)C(C)C.Cc1[c-]c(-c2nc3ccccc3c3c2oc2ccccc23)ccc1.[Ir]. The van der Waals surface area contributed by atoms with Crippen molar-refractivity contribution in [2.75, 3.05) is 0 Å². The van der Waals surface area contributed by atoms with E-state index < -0.39 is 0 Å². The second-order valence-electron chi connectivity index (χ2n) is 9.31. The molecule has 36 heavy (non-hydrogen) atoms. The Kier molecular flexibility index (Phi) is 8.84. The standard InChI is InChI=1S/C22H14NO.C9H16O2.Ir/c1-14-7-6-8-15(13-14)21-22-20(16-9-2-4-11-18(16)23-21)17-10-3-5-12-19(17)24-22;1-6(2)8(10)5-9(11)7(3)4;/h2-12H,1H3;5-7,10H,1-4H3;/q-1;;/b;8-5-;. The third-order valence-electron chi connectivity index (χ3n) is 5.86. The number of fused-ring (bicyclic) bond motifs is 5. The number of benzene rings is 3. The van der Waals surface area contributed by atoms with Gasteiger partial charge in [0.2, 0.25) is 0 Å². The molecule has 0 aliphatic rings. The van der Waals surface area contributed by atoms with Crippen molar-refractivity contribution in [1.29, 1.82) is 0 Å². The van der Waals surface area contributed by atoms with Gasteiger partial charge in [-0.1, -0.05) is 71.0 Å². The van der Waals surface area contributed by atoms with E-state index >= 15 is 0 Å². The van der Waals surface area contributed by atoms with Crippen LogP contribution in [0.5, 0.6) is 0 Å². The van der Waals surface area contributed by atoms with E-state index in [0.29, 0.717) is 0 Å². The molecule has 1 N–H and O–H groups in total. The molecule has 0 atom stereocenters. The van der Waals surface area contributed by atoms with E-state index in [2.05, 4.69) is 24.3 Å². The monoisotopic (exact) mass is 657 g/mol. The fourth-order valence-electron chi connectivity index (χ4n) is 3.82. The fourth-order valence-corrected chi connectivity index (χ4v) is 3.82. The number of hydrogen-bond donors (Lipinski definition) is 1. The topological polar surface area (TPSA) is 63.3 Å². The molecule has 1 radical (unpaired) electrons. The number of aromatic nitrogens is 1. The molecule has 0 fully saturated rings. The molecule has 4 nitrogen and oxygen atoms in total. The molecule has 5 aromatic rings. The van der Waals surface area contributed by atoms with Gasteiger partial charge in [-0.3, -0.25) is 9.78 Å². The smallest absolute Gasteiger partial charge is 0.161 e. The molecule has 0 aliphatic heterocycles. The van der Waals surface area contributed by atoms with Gasteiger partial charge in [0.25, 0.3) is 0 Å². The van der Waals surface area contributed by atoms with Gasteiger partial charge >= 0.3 is 0 Å². The van der Waals surface area contributed by atoms with Crippen LogP contribution in [0.25, 0.3) is 44.1 Å². The molecule has 0 saturated carbocycles. The number of carbonyl (C=O) groups excluding carboxylic acids is 1. The van der Waals surface area contributed by atoms with Gasteiger partial charge in [0.1, 0.15) is 11.2 Å². The number of furan rings is 1. The van der Waals surface area contributed by atoms with E-state index in [1.807, 2.05) is 83.1 Å². The van der Waals surface area contributed by atoms with Crippen LogP contribution in [0, 0.1) is 24.8 Å². The van der Waals surface area contributed by atoms with E-state index in [0.717, 1.165) is 49.7 Å². The average Bonchev–Trinajstić information content (AvgIpc) is 3.23. The van der Waals surface area contributed by atoms with Crippen molar-refractivity contribution >= 4 is 38.6 Å².